The Bertz CT molecular complexity index is 609. The van der Waals surface area contributed by atoms with Crippen molar-refractivity contribution in [1.82, 2.24) is 4.98 Å². The summed E-state index contributed by atoms with van der Waals surface area (Å²) in [6.07, 6.45) is 1.36. The van der Waals surface area contributed by atoms with E-state index < -0.39 is 5.97 Å². The van der Waals surface area contributed by atoms with Crippen molar-refractivity contribution in [3.05, 3.63) is 29.3 Å². The molecule has 2 aromatic rings. The highest BCUT2D eigenvalue weighted by atomic mass is 32.1. The van der Waals surface area contributed by atoms with E-state index in [9.17, 15) is 4.79 Å². The van der Waals surface area contributed by atoms with Crippen molar-refractivity contribution in [2.75, 3.05) is 13.2 Å². The zero-order valence-electron chi connectivity index (χ0n) is 11.3. The fraction of sp³-hybridized carbons (Fsp3) is 0.286. The summed E-state index contributed by atoms with van der Waals surface area (Å²) >= 11 is 1.13. The number of carboxylic acid groups (broad SMARTS) is 1. The van der Waals surface area contributed by atoms with Crippen LogP contribution in [0.2, 0.25) is 0 Å². The van der Waals surface area contributed by atoms with Gasteiger partial charge in [0.2, 0.25) is 0 Å². The molecule has 0 aliphatic heterocycles. The molecule has 0 atom stereocenters. The smallest absolute Gasteiger partial charge is 0.347 e. The summed E-state index contributed by atoms with van der Waals surface area (Å²) in [5, 5.41) is 9.57. The van der Waals surface area contributed by atoms with Crippen molar-refractivity contribution >= 4 is 17.3 Å². The summed E-state index contributed by atoms with van der Waals surface area (Å²) in [4.78, 5) is 15.2. The van der Waals surface area contributed by atoms with E-state index in [4.69, 9.17) is 14.6 Å². The minimum Gasteiger partial charge on any atom is -0.490 e. The molecule has 0 saturated heterocycles. The van der Waals surface area contributed by atoms with Gasteiger partial charge in [-0.15, -0.1) is 11.3 Å². The molecule has 1 aromatic heterocycles. The summed E-state index contributed by atoms with van der Waals surface area (Å²) in [6.45, 7) is 4.89. The topological polar surface area (TPSA) is 68.7 Å². The average molecular weight is 293 g/mol. The second kappa shape index (κ2) is 6.38. The Morgan fingerprint density at radius 2 is 1.95 bits per heavy atom. The van der Waals surface area contributed by atoms with Crippen molar-refractivity contribution in [2.24, 2.45) is 0 Å². The number of carbonyl (C=O) groups is 1. The Morgan fingerprint density at radius 3 is 2.55 bits per heavy atom. The van der Waals surface area contributed by atoms with Gasteiger partial charge < -0.3 is 14.6 Å². The number of ether oxygens (including phenoxy) is 2. The van der Waals surface area contributed by atoms with Crippen LogP contribution in [-0.2, 0) is 0 Å². The molecule has 0 amide bonds. The van der Waals surface area contributed by atoms with Gasteiger partial charge in [-0.25, -0.2) is 9.78 Å². The van der Waals surface area contributed by atoms with E-state index >= 15 is 0 Å². The van der Waals surface area contributed by atoms with Crippen molar-refractivity contribution in [3.8, 4) is 22.1 Å². The summed E-state index contributed by atoms with van der Waals surface area (Å²) in [6, 6.07) is 5.47. The largest absolute Gasteiger partial charge is 0.490 e. The summed E-state index contributed by atoms with van der Waals surface area (Å²) < 4.78 is 11.0. The number of hydrogen-bond acceptors (Lipinski definition) is 5. The van der Waals surface area contributed by atoms with Gasteiger partial charge in [0.15, 0.2) is 11.5 Å². The zero-order chi connectivity index (χ0) is 14.5. The fourth-order valence-corrected chi connectivity index (χ4v) is 2.44. The van der Waals surface area contributed by atoms with Gasteiger partial charge >= 0.3 is 5.97 Å². The minimum absolute atomic E-state index is 0.215. The van der Waals surface area contributed by atoms with Crippen LogP contribution in [0.3, 0.4) is 0 Å². The quantitative estimate of drug-likeness (QED) is 0.885. The Kier molecular flexibility index (Phi) is 4.57. The minimum atomic E-state index is -0.968. The number of aromatic nitrogens is 1. The van der Waals surface area contributed by atoms with Crippen molar-refractivity contribution < 1.29 is 19.4 Å². The maximum Gasteiger partial charge on any atom is 0.347 e. The first kappa shape index (κ1) is 14.3. The Balaban J connectivity index is 2.36. The van der Waals surface area contributed by atoms with Gasteiger partial charge in [-0.2, -0.15) is 0 Å². The molecule has 0 aliphatic carbocycles. The first-order chi connectivity index (χ1) is 9.65. The van der Waals surface area contributed by atoms with Crippen LogP contribution in [0.5, 0.6) is 11.5 Å². The summed E-state index contributed by atoms with van der Waals surface area (Å²) in [5.74, 6) is 0.344. The third kappa shape index (κ3) is 3.08. The monoisotopic (exact) mass is 293 g/mol. The van der Waals surface area contributed by atoms with E-state index in [0.29, 0.717) is 29.7 Å². The lowest BCUT2D eigenvalue weighted by Gasteiger charge is -2.11. The molecule has 20 heavy (non-hydrogen) atoms. The van der Waals surface area contributed by atoms with E-state index in [1.165, 1.54) is 6.20 Å². The Morgan fingerprint density at radius 1 is 1.25 bits per heavy atom. The van der Waals surface area contributed by atoms with Crippen LogP contribution in [0.25, 0.3) is 10.6 Å². The van der Waals surface area contributed by atoms with Gasteiger partial charge in [-0.3, -0.25) is 0 Å². The second-order valence-corrected chi connectivity index (χ2v) is 4.89. The number of carboxylic acids is 1. The maximum atomic E-state index is 10.9. The predicted molar refractivity (Wildman–Crippen MR) is 76.8 cm³/mol. The molecular formula is C14H15NO4S. The molecular weight excluding hydrogens is 278 g/mol. The highest BCUT2D eigenvalue weighted by molar-refractivity contribution is 7.16. The van der Waals surface area contributed by atoms with E-state index in [0.717, 1.165) is 16.9 Å². The van der Waals surface area contributed by atoms with Crippen LogP contribution in [0, 0.1) is 0 Å². The molecule has 106 valence electrons. The fourth-order valence-electron chi connectivity index (χ4n) is 1.69. The van der Waals surface area contributed by atoms with Gasteiger partial charge in [0.05, 0.1) is 19.4 Å². The molecule has 0 radical (unpaired) electrons. The summed E-state index contributed by atoms with van der Waals surface area (Å²) in [7, 11) is 0. The first-order valence-electron chi connectivity index (χ1n) is 6.24. The van der Waals surface area contributed by atoms with Crippen LogP contribution in [0.4, 0.5) is 0 Å². The molecule has 1 heterocycles. The number of thiazole rings is 1. The van der Waals surface area contributed by atoms with Crippen LogP contribution in [-0.4, -0.2) is 29.3 Å². The van der Waals surface area contributed by atoms with Gasteiger partial charge in [0, 0.05) is 5.56 Å². The number of rotatable bonds is 6. The summed E-state index contributed by atoms with van der Waals surface area (Å²) in [5.41, 5.74) is 0.814. The lowest BCUT2D eigenvalue weighted by atomic mass is 10.2. The number of nitrogens with zero attached hydrogens (tertiary/aromatic N) is 1. The maximum absolute atomic E-state index is 10.9. The van der Waals surface area contributed by atoms with E-state index in [-0.39, 0.29) is 4.88 Å². The normalized spacial score (nSPS) is 10.3. The molecule has 0 aliphatic rings. The van der Waals surface area contributed by atoms with Crippen LogP contribution in [0.1, 0.15) is 23.5 Å². The molecule has 0 fully saturated rings. The standard InChI is InChI=1S/C14H15NO4S/c1-3-18-10-6-5-9(7-11(10)19-4-2)13-15-8-12(20-13)14(16)17/h5-8H,3-4H2,1-2H3,(H,16,17). The third-order valence-electron chi connectivity index (χ3n) is 2.51. The van der Waals surface area contributed by atoms with Crippen LogP contribution < -0.4 is 9.47 Å². The van der Waals surface area contributed by atoms with Crippen molar-refractivity contribution in [1.29, 1.82) is 0 Å². The molecule has 6 heteroatoms. The van der Waals surface area contributed by atoms with E-state index in [2.05, 4.69) is 4.98 Å². The first-order valence-corrected chi connectivity index (χ1v) is 7.06. The van der Waals surface area contributed by atoms with Gasteiger partial charge in [0.25, 0.3) is 0 Å². The Labute approximate surface area is 120 Å². The van der Waals surface area contributed by atoms with Crippen LogP contribution >= 0.6 is 11.3 Å². The molecule has 0 bridgehead atoms. The molecule has 0 spiro atoms. The molecule has 1 aromatic carbocycles. The van der Waals surface area contributed by atoms with Crippen molar-refractivity contribution in [3.63, 3.8) is 0 Å². The highest BCUT2D eigenvalue weighted by Crippen LogP contribution is 2.34. The average Bonchev–Trinajstić information content (AvgIpc) is 2.91. The third-order valence-corrected chi connectivity index (χ3v) is 3.54. The molecule has 5 nitrogen and oxygen atoms in total. The van der Waals surface area contributed by atoms with Gasteiger partial charge in [-0.05, 0) is 32.0 Å². The van der Waals surface area contributed by atoms with Crippen LogP contribution in [0.15, 0.2) is 24.4 Å². The van der Waals surface area contributed by atoms with E-state index in [1.54, 1.807) is 0 Å². The highest BCUT2D eigenvalue weighted by Gasteiger charge is 2.13. The van der Waals surface area contributed by atoms with E-state index in [1.807, 2.05) is 32.0 Å². The SMILES string of the molecule is CCOc1ccc(-c2ncc(C(=O)O)s2)cc1OCC. The van der Waals surface area contributed by atoms with Gasteiger partial charge in [0.1, 0.15) is 9.88 Å². The number of hydrogen-bond donors (Lipinski definition) is 1. The lowest BCUT2D eigenvalue weighted by Crippen LogP contribution is -1.98. The predicted octanol–water partition coefficient (Wildman–Crippen LogP) is 3.31. The lowest BCUT2D eigenvalue weighted by molar-refractivity contribution is 0.0702. The molecule has 2 rings (SSSR count). The number of benzene rings is 1. The zero-order valence-corrected chi connectivity index (χ0v) is 12.1. The van der Waals surface area contributed by atoms with Gasteiger partial charge in [-0.1, -0.05) is 0 Å². The van der Waals surface area contributed by atoms with Crippen molar-refractivity contribution in [2.45, 2.75) is 13.8 Å². The molecule has 0 unspecified atom stereocenters. The molecule has 0 saturated carbocycles. The number of aromatic carboxylic acids is 1. The second-order valence-electron chi connectivity index (χ2n) is 3.86. The molecule has 1 N–H and O–H groups in total. The Hall–Kier alpha value is -2.08.